The van der Waals surface area contributed by atoms with Crippen molar-refractivity contribution in [1.29, 1.82) is 0 Å². The third kappa shape index (κ3) is 10.4. The molecule has 0 N–H and O–H groups in total. The minimum Gasteiger partial charge on any atom is -0.311 e. The van der Waals surface area contributed by atoms with E-state index < -0.39 is 0 Å². The van der Waals surface area contributed by atoms with Crippen LogP contribution in [0.15, 0.2) is 206 Å². The summed E-state index contributed by atoms with van der Waals surface area (Å²) < 4.78 is 0. The fourth-order valence-electron chi connectivity index (χ4n) is 8.51. The maximum Gasteiger partial charge on any atom is 0.0467 e. The number of anilines is 9. The minimum absolute atomic E-state index is 1.10. The Morgan fingerprint density at radius 3 is 0.809 bits per heavy atom. The summed E-state index contributed by atoms with van der Waals surface area (Å²) in [5.41, 5.74) is 23.5. The first-order valence-corrected chi connectivity index (χ1v) is 23.6. The Kier molecular flexibility index (Phi) is 13.4. The quantitative estimate of drug-likeness (QED) is 0.107. The third-order valence-corrected chi connectivity index (χ3v) is 12.9. The lowest BCUT2D eigenvalue weighted by molar-refractivity contribution is 1.23. The Bertz CT molecular complexity index is 3100. The van der Waals surface area contributed by atoms with E-state index in [2.05, 4.69) is 294 Å². The normalized spacial score (nSPS) is 11.3. The molecular formula is C65H59N3. The van der Waals surface area contributed by atoms with Gasteiger partial charge in [0.2, 0.25) is 0 Å². The molecular weight excluding hydrogens is 823 g/mol. The third-order valence-electron chi connectivity index (χ3n) is 12.9. The van der Waals surface area contributed by atoms with Crippen molar-refractivity contribution in [2.45, 2.75) is 48.5 Å². The van der Waals surface area contributed by atoms with E-state index in [9.17, 15) is 0 Å². The van der Waals surface area contributed by atoms with Crippen LogP contribution in [-0.2, 0) is 0 Å². The van der Waals surface area contributed by atoms with Gasteiger partial charge in [-0.25, -0.2) is 0 Å². The maximum atomic E-state index is 2.36. The van der Waals surface area contributed by atoms with Crippen molar-refractivity contribution in [1.82, 2.24) is 0 Å². The first-order chi connectivity index (χ1) is 33.0. The van der Waals surface area contributed by atoms with Gasteiger partial charge in [-0.3, -0.25) is 0 Å². The molecule has 0 radical (unpaired) electrons. The number of hydrogen-bond acceptors (Lipinski definition) is 3. The smallest absolute Gasteiger partial charge is 0.0467 e. The van der Waals surface area contributed by atoms with E-state index >= 15 is 0 Å². The van der Waals surface area contributed by atoms with Gasteiger partial charge < -0.3 is 14.7 Å². The zero-order valence-corrected chi connectivity index (χ0v) is 40.3. The molecule has 0 bridgehead atoms. The fraction of sp³-hybridized carbons (Fsp3) is 0.108. The molecule has 9 aromatic carbocycles. The highest BCUT2D eigenvalue weighted by atomic mass is 15.2. The Morgan fingerprint density at radius 2 is 0.485 bits per heavy atom. The van der Waals surface area contributed by atoms with E-state index in [4.69, 9.17) is 0 Å². The Balaban J connectivity index is 0.932. The molecule has 0 aliphatic heterocycles. The summed E-state index contributed by atoms with van der Waals surface area (Å²) in [6.45, 7) is 15.1. The molecule has 334 valence electrons. The average Bonchev–Trinajstić information content (AvgIpc) is 3.36. The highest BCUT2D eigenvalue weighted by Gasteiger charge is 2.16. The molecule has 68 heavy (non-hydrogen) atoms. The van der Waals surface area contributed by atoms with E-state index in [1.54, 1.807) is 0 Å². The van der Waals surface area contributed by atoms with Gasteiger partial charge in [-0.15, -0.1) is 0 Å². The molecule has 0 unspecified atom stereocenters. The van der Waals surface area contributed by atoms with Crippen LogP contribution in [0.3, 0.4) is 0 Å². The van der Waals surface area contributed by atoms with Crippen LogP contribution < -0.4 is 14.7 Å². The Labute approximate surface area is 404 Å². The lowest BCUT2D eigenvalue weighted by Gasteiger charge is -2.27. The van der Waals surface area contributed by atoms with Gasteiger partial charge in [0.25, 0.3) is 0 Å². The first kappa shape index (κ1) is 45.0. The molecule has 0 aliphatic rings. The van der Waals surface area contributed by atoms with Crippen molar-refractivity contribution < 1.29 is 0 Å². The van der Waals surface area contributed by atoms with Gasteiger partial charge in [-0.05, 0) is 202 Å². The number of nitrogens with zero attached hydrogens (tertiary/aromatic N) is 3. The van der Waals surface area contributed by atoms with Crippen molar-refractivity contribution in [3.05, 3.63) is 267 Å². The molecule has 9 rings (SSSR count). The number of aryl methyl sites for hydroxylation is 7. The summed E-state index contributed by atoms with van der Waals surface area (Å²) in [6, 6.07) is 74.9. The molecule has 0 spiro atoms. The van der Waals surface area contributed by atoms with E-state index in [0.717, 1.165) is 73.4 Å². The second-order valence-corrected chi connectivity index (χ2v) is 18.1. The standard InChI is InChI=1S/C65H59N3/c1-46-11-29-57(30-12-46)66(58-31-13-47(2)14-32-58)60-37-23-53(24-38-60)19-20-54-25-39-61(40-26-54)67(59-33-15-48(3)16-34-59)62-41-27-55(28-42-62)21-22-56-9-8-10-63(45-56)68(64-35-17-49(4)51(6)43-64)65-36-18-50(5)52(7)44-65/h8-45H,1-7H3/b20-19+,22-21+. The van der Waals surface area contributed by atoms with Crippen LogP contribution in [0.1, 0.15) is 61.2 Å². The van der Waals surface area contributed by atoms with Crippen LogP contribution in [0, 0.1) is 48.5 Å². The van der Waals surface area contributed by atoms with Gasteiger partial charge in [-0.2, -0.15) is 0 Å². The highest BCUT2D eigenvalue weighted by molar-refractivity contribution is 5.83. The second kappa shape index (κ2) is 20.2. The van der Waals surface area contributed by atoms with Crippen molar-refractivity contribution >= 4 is 75.5 Å². The molecule has 3 nitrogen and oxygen atoms in total. The molecule has 0 saturated heterocycles. The summed E-state index contributed by atoms with van der Waals surface area (Å²) in [6.07, 6.45) is 8.79. The van der Waals surface area contributed by atoms with Crippen LogP contribution in [0.2, 0.25) is 0 Å². The predicted molar refractivity (Wildman–Crippen MR) is 294 cm³/mol. The van der Waals surface area contributed by atoms with Crippen LogP contribution in [0.25, 0.3) is 24.3 Å². The average molecular weight is 882 g/mol. The molecule has 3 heteroatoms. The van der Waals surface area contributed by atoms with Gasteiger partial charge in [0, 0.05) is 51.2 Å². The van der Waals surface area contributed by atoms with Crippen LogP contribution in [-0.4, -0.2) is 0 Å². The SMILES string of the molecule is Cc1ccc(N(c2ccc(C)cc2)c2ccc(/C=C/c3ccc(N(c4ccc(C)cc4)c4ccc(/C=C/c5cccc(N(c6ccc(C)c(C)c6)c6ccc(C)c(C)c6)c5)cc4)cc3)cc2)cc1. The zero-order chi connectivity index (χ0) is 47.1. The second-order valence-electron chi connectivity index (χ2n) is 18.1. The lowest BCUT2D eigenvalue weighted by atomic mass is 10.0. The minimum atomic E-state index is 1.10. The number of benzene rings is 9. The lowest BCUT2D eigenvalue weighted by Crippen LogP contribution is -2.11. The van der Waals surface area contributed by atoms with E-state index in [1.807, 2.05) is 0 Å². The van der Waals surface area contributed by atoms with Crippen LogP contribution >= 0.6 is 0 Å². The van der Waals surface area contributed by atoms with E-state index in [0.29, 0.717) is 0 Å². The van der Waals surface area contributed by atoms with Gasteiger partial charge in [0.15, 0.2) is 0 Å². The molecule has 0 amide bonds. The molecule has 0 aliphatic carbocycles. The molecule has 0 heterocycles. The van der Waals surface area contributed by atoms with Crippen molar-refractivity contribution in [3.63, 3.8) is 0 Å². The van der Waals surface area contributed by atoms with Gasteiger partial charge in [-0.1, -0.05) is 138 Å². The Morgan fingerprint density at radius 1 is 0.221 bits per heavy atom. The predicted octanol–water partition coefficient (Wildman–Crippen LogP) is 18.6. The highest BCUT2D eigenvalue weighted by Crippen LogP contribution is 2.39. The summed E-state index contributed by atoms with van der Waals surface area (Å²) in [5.74, 6) is 0. The van der Waals surface area contributed by atoms with Crippen molar-refractivity contribution in [2.24, 2.45) is 0 Å². The van der Waals surface area contributed by atoms with Crippen LogP contribution in [0.4, 0.5) is 51.2 Å². The van der Waals surface area contributed by atoms with Crippen molar-refractivity contribution in [3.8, 4) is 0 Å². The zero-order valence-electron chi connectivity index (χ0n) is 40.3. The van der Waals surface area contributed by atoms with E-state index in [-0.39, 0.29) is 0 Å². The van der Waals surface area contributed by atoms with Crippen molar-refractivity contribution in [2.75, 3.05) is 14.7 Å². The van der Waals surface area contributed by atoms with Gasteiger partial charge >= 0.3 is 0 Å². The summed E-state index contributed by atoms with van der Waals surface area (Å²) >= 11 is 0. The van der Waals surface area contributed by atoms with Gasteiger partial charge in [0.1, 0.15) is 0 Å². The fourth-order valence-corrected chi connectivity index (χ4v) is 8.51. The largest absolute Gasteiger partial charge is 0.311 e. The summed E-state index contributed by atoms with van der Waals surface area (Å²) in [4.78, 5) is 6.99. The van der Waals surface area contributed by atoms with E-state index in [1.165, 1.54) is 38.9 Å². The monoisotopic (exact) mass is 881 g/mol. The maximum absolute atomic E-state index is 2.36. The van der Waals surface area contributed by atoms with Gasteiger partial charge in [0.05, 0.1) is 0 Å². The first-order valence-electron chi connectivity index (χ1n) is 23.6. The summed E-state index contributed by atoms with van der Waals surface area (Å²) in [7, 11) is 0. The molecule has 0 saturated carbocycles. The molecule has 0 aromatic heterocycles. The topological polar surface area (TPSA) is 9.72 Å². The number of hydrogen-bond donors (Lipinski definition) is 0. The molecule has 0 fully saturated rings. The van der Waals surface area contributed by atoms with Crippen LogP contribution in [0.5, 0.6) is 0 Å². The number of rotatable bonds is 13. The molecule has 0 atom stereocenters. The Hall–Kier alpha value is -8.14. The summed E-state index contributed by atoms with van der Waals surface area (Å²) in [5, 5.41) is 0. The molecule has 9 aromatic rings.